The molecule has 0 aliphatic carbocycles. The van der Waals surface area contributed by atoms with Crippen molar-refractivity contribution in [3.8, 4) is 5.75 Å². The Morgan fingerprint density at radius 2 is 1.77 bits per heavy atom. The molecule has 1 saturated heterocycles. The van der Waals surface area contributed by atoms with Crippen molar-refractivity contribution in [3.05, 3.63) is 53.6 Å². The molecule has 2 aromatic carbocycles. The third-order valence-corrected chi connectivity index (χ3v) is 7.53. The van der Waals surface area contributed by atoms with Crippen LogP contribution in [0.25, 0.3) is 0 Å². The van der Waals surface area contributed by atoms with Gasteiger partial charge in [0.05, 0.1) is 12.0 Å². The van der Waals surface area contributed by atoms with E-state index in [4.69, 9.17) is 4.74 Å². The second kappa shape index (κ2) is 10.8. The molecular formula is C24H32N2O4S. The number of sulfonamides is 1. The summed E-state index contributed by atoms with van der Waals surface area (Å²) in [4.78, 5) is 12.7. The first kappa shape index (κ1) is 23.3. The van der Waals surface area contributed by atoms with Crippen LogP contribution in [0.15, 0.2) is 47.4 Å². The maximum absolute atomic E-state index is 12.9. The van der Waals surface area contributed by atoms with Crippen molar-refractivity contribution < 1.29 is 17.9 Å². The highest BCUT2D eigenvalue weighted by molar-refractivity contribution is 7.89. The van der Waals surface area contributed by atoms with Gasteiger partial charge in [0.1, 0.15) is 5.75 Å². The number of aryl methyl sites for hydroxylation is 2. The summed E-state index contributed by atoms with van der Waals surface area (Å²) < 4.78 is 32.6. The smallest absolute Gasteiger partial charge is 0.243 e. The van der Waals surface area contributed by atoms with E-state index in [2.05, 4.69) is 12.2 Å². The van der Waals surface area contributed by atoms with Crippen molar-refractivity contribution in [1.82, 2.24) is 4.31 Å². The number of benzene rings is 2. The third-order valence-electron chi connectivity index (χ3n) is 5.63. The number of rotatable bonds is 10. The number of unbranched alkanes of at least 4 members (excludes halogenated alkanes) is 1. The van der Waals surface area contributed by atoms with Crippen molar-refractivity contribution in [2.45, 2.75) is 56.8 Å². The molecule has 1 heterocycles. The summed E-state index contributed by atoms with van der Waals surface area (Å²) in [6.07, 6.45) is 5.77. The van der Waals surface area contributed by atoms with Crippen molar-refractivity contribution in [2.24, 2.45) is 0 Å². The van der Waals surface area contributed by atoms with Gasteiger partial charge < -0.3 is 10.1 Å². The molecule has 0 bridgehead atoms. The minimum atomic E-state index is -3.51. The maximum Gasteiger partial charge on any atom is 0.243 e. The number of hydrogen-bond acceptors (Lipinski definition) is 4. The molecule has 6 nitrogen and oxygen atoms in total. The zero-order chi connectivity index (χ0) is 22.3. The van der Waals surface area contributed by atoms with Gasteiger partial charge in [-0.05, 0) is 73.6 Å². The van der Waals surface area contributed by atoms with Gasteiger partial charge in [-0.3, -0.25) is 4.79 Å². The van der Waals surface area contributed by atoms with Crippen LogP contribution in [0.3, 0.4) is 0 Å². The number of nitrogens with one attached hydrogen (secondary N) is 1. The Kier molecular flexibility index (Phi) is 8.09. The average molecular weight is 445 g/mol. The Morgan fingerprint density at radius 1 is 1.06 bits per heavy atom. The molecule has 0 radical (unpaired) electrons. The molecule has 0 saturated carbocycles. The number of carbonyl (C=O) groups excluding carboxylic acids is 1. The average Bonchev–Trinajstić information content (AvgIpc) is 3.33. The monoisotopic (exact) mass is 444 g/mol. The minimum Gasteiger partial charge on any atom is -0.496 e. The molecule has 168 valence electrons. The molecule has 1 N–H and O–H groups in total. The van der Waals surface area contributed by atoms with Crippen molar-refractivity contribution in [3.63, 3.8) is 0 Å². The van der Waals surface area contributed by atoms with Crippen LogP contribution in [0, 0.1) is 0 Å². The third kappa shape index (κ3) is 6.08. The van der Waals surface area contributed by atoms with Crippen LogP contribution >= 0.6 is 0 Å². The molecule has 0 aromatic heterocycles. The lowest BCUT2D eigenvalue weighted by molar-refractivity contribution is -0.116. The van der Waals surface area contributed by atoms with Gasteiger partial charge in [-0.25, -0.2) is 8.42 Å². The standard InChI is InChI=1S/C24H32N2O4S/c1-3-4-7-19-8-11-21(12-9-19)25-24(27)15-10-20-18-22(13-14-23(20)30-2)31(28,29)26-16-5-6-17-26/h8-9,11-14,18H,3-7,10,15-17H2,1-2H3,(H,25,27). The second-order valence-corrected chi connectivity index (χ2v) is 9.87. The summed E-state index contributed by atoms with van der Waals surface area (Å²) in [7, 11) is -1.96. The SMILES string of the molecule is CCCCc1ccc(NC(=O)CCc2cc(S(=O)(=O)N3CCCC3)ccc2OC)cc1. The van der Waals surface area contributed by atoms with Gasteiger partial charge in [-0.1, -0.05) is 25.5 Å². The number of amides is 1. The number of nitrogens with zero attached hydrogens (tertiary/aromatic N) is 1. The van der Waals surface area contributed by atoms with E-state index in [0.717, 1.165) is 37.8 Å². The molecule has 1 aliphatic rings. The van der Waals surface area contributed by atoms with Crippen molar-refractivity contribution in [2.75, 3.05) is 25.5 Å². The molecule has 0 spiro atoms. The quantitative estimate of drug-likeness (QED) is 0.590. The lowest BCUT2D eigenvalue weighted by Crippen LogP contribution is -2.28. The second-order valence-electron chi connectivity index (χ2n) is 7.93. The van der Waals surface area contributed by atoms with E-state index in [1.54, 1.807) is 25.3 Å². The fourth-order valence-electron chi connectivity index (χ4n) is 3.80. The van der Waals surface area contributed by atoms with Gasteiger partial charge >= 0.3 is 0 Å². The highest BCUT2D eigenvalue weighted by atomic mass is 32.2. The molecule has 1 amide bonds. The van der Waals surface area contributed by atoms with E-state index in [0.29, 0.717) is 30.8 Å². The lowest BCUT2D eigenvalue weighted by Gasteiger charge is -2.17. The van der Waals surface area contributed by atoms with Crippen LogP contribution in [0.1, 0.15) is 50.2 Å². The fourth-order valence-corrected chi connectivity index (χ4v) is 5.36. The summed E-state index contributed by atoms with van der Waals surface area (Å²) in [5.74, 6) is 0.476. The summed E-state index contributed by atoms with van der Waals surface area (Å²) in [5, 5.41) is 2.92. The van der Waals surface area contributed by atoms with Gasteiger partial charge in [-0.2, -0.15) is 4.31 Å². The largest absolute Gasteiger partial charge is 0.496 e. The molecule has 0 unspecified atom stereocenters. The first-order valence-electron chi connectivity index (χ1n) is 11.0. The molecule has 1 fully saturated rings. The van der Waals surface area contributed by atoms with E-state index in [1.807, 2.05) is 24.3 Å². The van der Waals surface area contributed by atoms with Crippen LogP contribution < -0.4 is 10.1 Å². The molecule has 1 aliphatic heterocycles. The zero-order valence-electron chi connectivity index (χ0n) is 18.4. The predicted octanol–water partition coefficient (Wildman–Crippen LogP) is 4.39. The Bertz CT molecular complexity index is 981. The molecular weight excluding hydrogens is 412 g/mol. The van der Waals surface area contributed by atoms with Crippen LogP contribution in [-0.2, 0) is 27.7 Å². The lowest BCUT2D eigenvalue weighted by atomic mass is 10.1. The Labute approximate surface area is 185 Å². The van der Waals surface area contributed by atoms with E-state index >= 15 is 0 Å². The Hall–Kier alpha value is -2.38. The zero-order valence-corrected chi connectivity index (χ0v) is 19.2. The van der Waals surface area contributed by atoms with Crippen molar-refractivity contribution in [1.29, 1.82) is 0 Å². The fraction of sp³-hybridized carbons (Fsp3) is 0.458. The Balaban J connectivity index is 1.64. The van der Waals surface area contributed by atoms with Crippen LogP contribution in [0.4, 0.5) is 5.69 Å². The predicted molar refractivity (Wildman–Crippen MR) is 123 cm³/mol. The topological polar surface area (TPSA) is 75.7 Å². The summed E-state index contributed by atoms with van der Waals surface area (Å²) in [6.45, 7) is 3.29. The van der Waals surface area contributed by atoms with Crippen molar-refractivity contribution >= 4 is 21.6 Å². The van der Waals surface area contributed by atoms with Gasteiger partial charge in [0.25, 0.3) is 0 Å². The van der Waals surface area contributed by atoms with Gasteiger partial charge in [0, 0.05) is 25.2 Å². The number of anilines is 1. The highest BCUT2D eigenvalue weighted by Crippen LogP contribution is 2.27. The molecule has 3 rings (SSSR count). The summed E-state index contributed by atoms with van der Waals surface area (Å²) in [5.41, 5.74) is 2.75. The van der Waals surface area contributed by atoms with Gasteiger partial charge in [-0.15, -0.1) is 0 Å². The number of ether oxygens (including phenoxy) is 1. The Morgan fingerprint density at radius 3 is 2.42 bits per heavy atom. The van der Waals surface area contributed by atoms with Gasteiger partial charge in [0.15, 0.2) is 0 Å². The van der Waals surface area contributed by atoms with E-state index in [-0.39, 0.29) is 17.2 Å². The summed E-state index contributed by atoms with van der Waals surface area (Å²) in [6, 6.07) is 12.8. The number of methoxy groups -OCH3 is 1. The van der Waals surface area contributed by atoms with Crippen LogP contribution in [-0.4, -0.2) is 38.8 Å². The van der Waals surface area contributed by atoms with E-state index in [9.17, 15) is 13.2 Å². The molecule has 2 aromatic rings. The normalized spacial score (nSPS) is 14.5. The molecule has 31 heavy (non-hydrogen) atoms. The highest BCUT2D eigenvalue weighted by Gasteiger charge is 2.27. The number of carbonyl (C=O) groups is 1. The van der Waals surface area contributed by atoms with E-state index < -0.39 is 10.0 Å². The molecule has 7 heteroatoms. The van der Waals surface area contributed by atoms with Crippen LogP contribution in [0.2, 0.25) is 0 Å². The van der Waals surface area contributed by atoms with Gasteiger partial charge in [0.2, 0.25) is 15.9 Å². The number of hydrogen-bond donors (Lipinski definition) is 1. The van der Waals surface area contributed by atoms with Crippen LogP contribution in [0.5, 0.6) is 5.75 Å². The summed E-state index contributed by atoms with van der Waals surface area (Å²) >= 11 is 0. The first-order valence-corrected chi connectivity index (χ1v) is 12.4. The molecule has 0 atom stereocenters. The maximum atomic E-state index is 12.9. The van der Waals surface area contributed by atoms with E-state index in [1.165, 1.54) is 9.87 Å². The minimum absolute atomic E-state index is 0.115. The first-order chi connectivity index (χ1) is 14.9.